The number of anilines is 1. The molecule has 0 spiro atoms. The summed E-state index contributed by atoms with van der Waals surface area (Å²) in [6.07, 6.45) is 5.45. The fourth-order valence-corrected chi connectivity index (χ4v) is 4.12. The van der Waals surface area contributed by atoms with Gasteiger partial charge in [-0.2, -0.15) is 0 Å². The van der Waals surface area contributed by atoms with E-state index in [0.29, 0.717) is 49.8 Å². The third-order valence-corrected chi connectivity index (χ3v) is 5.68. The number of nitrogens with zero attached hydrogens (tertiary/aromatic N) is 2. The van der Waals surface area contributed by atoms with Crippen LogP contribution < -0.4 is 10.6 Å². The third-order valence-electron chi connectivity index (χ3n) is 5.68. The Morgan fingerprint density at radius 2 is 1.62 bits per heavy atom. The summed E-state index contributed by atoms with van der Waals surface area (Å²) >= 11 is 0. The zero-order valence-corrected chi connectivity index (χ0v) is 17.4. The summed E-state index contributed by atoms with van der Waals surface area (Å²) in [7, 11) is 0. The molecule has 1 aliphatic carbocycles. The first-order valence-corrected chi connectivity index (χ1v) is 10.7. The van der Waals surface area contributed by atoms with E-state index >= 15 is 0 Å². The molecule has 29 heavy (non-hydrogen) atoms. The van der Waals surface area contributed by atoms with Crippen LogP contribution >= 0.6 is 0 Å². The molecular formula is C22H32N4O3. The second-order valence-corrected chi connectivity index (χ2v) is 8.33. The van der Waals surface area contributed by atoms with Crippen LogP contribution in [0.2, 0.25) is 0 Å². The highest BCUT2D eigenvalue weighted by Crippen LogP contribution is 2.28. The van der Waals surface area contributed by atoms with Gasteiger partial charge in [-0.25, -0.2) is 4.79 Å². The molecule has 1 heterocycles. The molecule has 0 atom stereocenters. The molecular weight excluding hydrogens is 368 g/mol. The van der Waals surface area contributed by atoms with Gasteiger partial charge < -0.3 is 20.4 Å². The summed E-state index contributed by atoms with van der Waals surface area (Å²) in [6, 6.07) is 6.72. The van der Waals surface area contributed by atoms with Crippen LogP contribution in [0.15, 0.2) is 24.3 Å². The van der Waals surface area contributed by atoms with Crippen molar-refractivity contribution < 1.29 is 14.4 Å². The molecule has 1 aliphatic heterocycles. The summed E-state index contributed by atoms with van der Waals surface area (Å²) in [5.41, 5.74) is 0.965. The molecule has 1 saturated carbocycles. The Balaban J connectivity index is 1.56. The van der Waals surface area contributed by atoms with Crippen molar-refractivity contribution in [3.8, 4) is 0 Å². The van der Waals surface area contributed by atoms with Gasteiger partial charge in [-0.15, -0.1) is 0 Å². The lowest BCUT2D eigenvalue weighted by molar-refractivity contribution is -0.133. The Labute approximate surface area is 172 Å². The Kier molecular flexibility index (Phi) is 7.12. The van der Waals surface area contributed by atoms with Gasteiger partial charge >= 0.3 is 6.03 Å². The standard InChI is InChI=1S/C22H32N4O3/c1-16(2)23-22(29)24-19-10-6-5-9-18(19)21(28)26-13-11-25(12-14-26)20(27)15-17-7-3-4-8-17/h5-6,9-10,16-17H,3-4,7-8,11-15H2,1-2H3,(H2,23,24,29). The Morgan fingerprint density at radius 1 is 1.00 bits per heavy atom. The highest BCUT2D eigenvalue weighted by atomic mass is 16.2. The maximum Gasteiger partial charge on any atom is 0.319 e. The summed E-state index contributed by atoms with van der Waals surface area (Å²) < 4.78 is 0. The molecule has 0 bridgehead atoms. The SMILES string of the molecule is CC(C)NC(=O)Nc1ccccc1C(=O)N1CCN(C(=O)CC2CCCC2)CC1. The lowest BCUT2D eigenvalue weighted by Crippen LogP contribution is -2.51. The molecule has 0 unspecified atom stereocenters. The van der Waals surface area contributed by atoms with E-state index in [4.69, 9.17) is 0 Å². The first-order valence-electron chi connectivity index (χ1n) is 10.7. The minimum absolute atomic E-state index is 0.00714. The number of amides is 4. The highest BCUT2D eigenvalue weighted by Gasteiger charge is 2.28. The number of nitrogens with one attached hydrogen (secondary N) is 2. The first-order chi connectivity index (χ1) is 13.9. The van der Waals surface area contributed by atoms with Crippen molar-refractivity contribution >= 4 is 23.5 Å². The number of piperazine rings is 1. The van der Waals surface area contributed by atoms with E-state index in [1.807, 2.05) is 18.7 Å². The molecule has 2 aliphatic rings. The van der Waals surface area contributed by atoms with Crippen molar-refractivity contribution in [1.82, 2.24) is 15.1 Å². The molecule has 1 aromatic carbocycles. The maximum atomic E-state index is 13.0. The van der Waals surface area contributed by atoms with Gasteiger partial charge in [0, 0.05) is 38.6 Å². The quantitative estimate of drug-likeness (QED) is 0.797. The number of carbonyl (C=O) groups excluding carboxylic acids is 3. The van der Waals surface area contributed by atoms with E-state index in [2.05, 4.69) is 10.6 Å². The number of hydrogen-bond donors (Lipinski definition) is 2. The Morgan fingerprint density at radius 3 is 2.28 bits per heavy atom. The van der Waals surface area contributed by atoms with E-state index in [9.17, 15) is 14.4 Å². The van der Waals surface area contributed by atoms with Gasteiger partial charge in [-0.1, -0.05) is 25.0 Å². The molecule has 0 aromatic heterocycles. The first kappa shape index (κ1) is 21.1. The molecule has 1 aromatic rings. The fraction of sp³-hybridized carbons (Fsp3) is 0.591. The highest BCUT2D eigenvalue weighted by molar-refractivity contribution is 6.03. The zero-order valence-electron chi connectivity index (χ0n) is 17.4. The molecule has 4 amide bonds. The number of urea groups is 1. The van der Waals surface area contributed by atoms with E-state index in [1.54, 1.807) is 29.2 Å². The van der Waals surface area contributed by atoms with E-state index in [-0.39, 0.29) is 23.9 Å². The van der Waals surface area contributed by atoms with Crippen molar-refractivity contribution in [2.45, 2.75) is 52.0 Å². The molecule has 3 rings (SSSR count). The lowest BCUT2D eigenvalue weighted by atomic mass is 10.0. The van der Waals surface area contributed by atoms with Gasteiger partial charge in [0.15, 0.2) is 0 Å². The largest absolute Gasteiger partial charge is 0.339 e. The number of rotatable bonds is 5. The minimum Gasteiger partial charge on any atom is -0.339 e. The van der Waals surface area contributed by atoms with E-state index < -0.39 is 0 Å². The number of carbonyl (C=O) groups is 3. The molecule has 2 N–H and O–H groups in total. The Hall–Kier alpha value is -2.57. The van der Waals surface area contributed by atoms with Crippen LogP contribution in [-0.4, -0.2) is 59.9 Å². The van der Waals surface area contributed by atoms with Crippen LogP contribution in [0.25, 0.3) is 0 Å². The summed E-state index contributed by atoms with van der Waals surface area (Å²) in [5.74, 6) is 0.641. The van der Waals surface area contributed by atoms with Gasteiger partial charge in [0.05, 0.1) is 11.3 Å². The summed E-state index contributed by atoms with van der Waals surface area (Å²) in [5, 5.41) is 5.53. The van der Waals surface area contributed by atoms with Crippen molar-refractivity contribution in [1.29, 1.82) is 0 Å². The molecule has 2 fully saturated rings. The van der Waals surface area contributed by atoms with Gasteiger partial charge in [-0.05, 0) is 44.7 Å². The van der Waals surface area contributed by atoms with Crippen LogP contribution in [0.4, 0.5) is 10.5 Å². The minimum atomic E-state index is -0.331. The Bertz CT molecular complexity index is 735. The van der Waals surface area contributed by atoms with E-state index in [0.717, 1.165) is 0 Å². The van der Waals surface area contributed by atoms with Crippen LogP contribution in [0.5, 0.6) is 0 Å². The molecule has 1 saturated heterocycles. The molecule has 7 nitrogen and oxygen atoms in total. The van der Waals surface area contributed by atoms with Gasteiger partial charge in [-0.3, -0.25) is 9.59 Å². The van der Waals surface area contributed by atoms with Gasteiger partial charge in [0.1, 0.15) is 0 Å². The van der Waals surface area contributed by atoms with Crippen molar-refractivity contribution in [2.24, 2.45) is 5.92 Å². The average Bonchev–Trinajstić information content (AvgIpc) is 3.20. The smallest absolute Gasteiger partial charge is 0.319 e. The molecule has 0 radical (unpaired) electrons. The van der Waals surface area contributed by atoms with Crippen LogP contribution in [0.1, 0.15) is 56.3 Å². The average molecular weight is 401 g/mol. The lowest BCUT2D eigenvalue weighted by Gasteiger charge is -2.35. The number of para-hydroxylation sites is 1. The van der Waals surface area contributed by atoms with Crippen LogP contribution in [-0.2, 0) is 4.79 Å². The second kappa shape index (κ2) is 9.76. The van der Waals surface area contributed by atoms with Crippen molar-refractivity contribution in [2.75, 3.05) is 31.5 Å². The van der Waals surface area contributed by atoms with Gasteiger partial charge in [0.25, 0.3) is 5.91 Å². The van der Waals surface area contributed by atoms with Crippen LogP contribution in [0, 0.1) is 5.92 Å². The van der Waals surface area contributed by atoms with Crippen molar-refractivity contribution in [3.05, 3.63) is 29.8 Å². The predicted octanol–water partition coefficient (Wildman–Crippen LogP) is 3.08. The summed E-state index contributed by atoms with van der Waals surface area (Å²) in [6.45, 7) is 5.93. The second-order valence-electron chi connectivity index (χ2n) is 8.33. The topological polar surface area (TPSA) is 81.8 Å². The van der Waals surface area contributed by atoms with Crippen LogP contribution in [0.3, 0.4) is 0 Å². The molecule has 158 valence electrons. The van der Waals surface area contributed by atoms with E-state index in [1.165, 1.54) is 25.7 Å². The van der Waals surface area contributed by atoms with Crippen molar-refractivity contribution in [3.63, 3.8) is 0 Å². The number of benzene rings is 1. The fourth-order valence-electron chi connectivity index (χ4n) is 4.12. The predicted molar refractivity (Wildman–Crippen MR) is 113 cm³/mol. The summed E-state index contributed by atoms with van der Waals surface area (Å²) in [4.78, 5) is 41.3. The zero-order chi connectivity index (χ0) is 20.8. The monoisotopic (exact) mass is 400 g/mol. The third kappa shape index (κ3) is 5.71. The number of hydrogen-bond acceptors (Lipinski definition) is 3. The molecule has 7 heteroatoms. The van der Waals surface area contributed by atoms with Gasteiger partial charge in [0.2, 0.25) is 5.91 Å². The maximum absolute atomic E-state index is 13.0. The normalized spacial score (nSPS) is 17.5.